The molecule has 1 N–H and O–H groups in total. The van der Waals surface area contributed by atoms with Gasteiger partial charge in [0.25, 0.3) is 10.0 Å². The van der Waals surface area contributed by atoms with Crippen molar-refractivity contribution in [3.05, 3.63) is 12.4 Å². The first-order chi connectivity index (χ1) is 8.59. The van der Waals surface area contributed by atoms with Crippen molar-refractivity contribution in [2.75, 3.05) is 39.4 Å². The van der Waals surface area contributed by atoms with Crippen LogP contribution in [0.1, 0.15) is 0 Å². The normalized spacial score (nSPS) is 18.1. The number of hydrogen-bond acceptors (Lipinski definition) is 5. The Morgan fingerprint density at radius 1 is 1.44 bits per heavy atom. The molecule has 8 heteroatoms. The zero-order valence-corrected chi connectivity index (χ0v) is 11.2. The van der Waals surface area contributed by atoms with E-state index in [1.165, 1.54) is 10.8 Å². The molecule has 1 fully saturated rings. The Kier molecular flexibility index (Phi) is 4.33. The fourth-order valence-electron chi connectivity index (χ4n) is 1.84. The van der Waals surface area contributed by atoms with Crippen LogP contribution in [-0.4, -0.2) is 62.3 Å². The highest BCUT2D eigenvalue weighted by Crippen LogP contribution is 2.03. The van der Waals surface area contributed by atoms with Gasteiger partial charge in [-0.3, -0.25) is 4.90 Å². The molecule has 0 saturated carbocycles. The van der Waals surface area contributed by atoms with Gasteiger partial charge in [0, 0.05) is 45.6 Å². The zero-order chi connectivity index (χ0) is 13.0. The summed E-state index contributed by atoms with van der Waals surface area (Å²) in [7, 11) is -1.85. The Labute approximate surface area is 107 Å². The topological polar surface area (TPSA) is 76.5 Å². The lowest BCUT2D eigenvalue weighted by atomic mass is 10.4. The number of rotatable bonds is 5. The molecule has 0 aromatic carbocycles. The van der Waals surface area contributed by atoms with E-state index in [1.807, 2.05) is 0 Å². The van der Waals surface area contributed by atoms with Crippen LogP contribution in [0.15, 0.2) is 17.6 Å². The van der Waals surface area contributed by atoms with Gasteiger partial charge in [-0.1, -0.05) is 0 Å². The molecule has 2 heterocycles. The zero-order valence-electron chi connectivity index (χ0n) is 10.4. The Hall–Kier alpha value is -0.960. The maximum atomic E-state index is 11.9. The van der Waals surface area contributed by atoms with Crippen molar-refractivity contribution in [1.82, 2.24) is 19.2 Å². The lowest BCUT2D eigenvalue weighted by molar-refractivity contribution is 0.0390. The lowest BCUT2D eigenvalue weighted by Gasteiger charge is -2.26. The van der Waals surface area contributed by atoms with Gasteiger partial charge in [0.15, 0.2) is 0 Å². The standard InChI is InChI=1S/C10H18N4O3S/c1-13-4-2-11-10(13)18(15,16)12-3-5-14-6-8-17-9-7-14/h2,4,12H,3,5-9H2,1H3. The van der Waals surface area contributed by atoms with Crippen molar-refractivity contribution in [2.45, 2.75) is 5.16 Å². The summed E-state index contributed by atoms with van der Waals surface area (Å²) < 4.78 is 33.1. The molecule has 1 aliphatic heterocycles. The molecular weight excluding hydrogens is 256 g/mol. The number of sulfonamides is 1. The Bertz CT molecular complexity index is 479. The Balaban J connectivity index is 1.84. The highest BCUT2D eigenvalue weighted by Gasteiger charge is 2.19. The molecule has 7 nitrogen and oxygen atoms in total. The average Bonchev–Trinajstić information content (AvgIpc) is 2.77. The van der Waals surface area contributed by atoms with Gasteiger partial charge < -0.3 is 9.30 Å². The first-order valence-electron chi connectivity index (χ1n) is 5.87. The molecule has 2 rings (SSSR count). The number of nitrogens with zero attached hydrogens (tertiary/aromatic N) is 3. The lowest BCUT2D eigenvalue weighted by Crippen LogP contribution is -2.41. The molecule has 0 atom stereocenters. The molecular formula is C10H18N4O3S. The monoisotopic (exact) mass is 274 g/mol. The highest BCUT2D eigenvalue weighted by atomic mass is 32.2. The van der Waals surface area contributed by atoms with Crippen LogP contribution >= 0.6 is 0 Å². The van der Waals surface area contributed by atoms with Crippen LogP contribution in [0.25, 0.3) is 0 Å². The van der Waals surface area contributed by atoms with Crippen molar-refractivity contribution in [1.29, 1.82) is 0 Å². The van der Waals surface area contributed by atoms with E-state index in [4.69, 9.17) is 4.74 Å². The van der Waals surface area contributed by atoms with E-state index in [1.54, 1.807) is 13.2 Å². The Morgan fingerprint density at radius 2 is 2.17 bits per heavy atom. The second-order valence-electron chi connectivity index (χ2n) is 4.17. The minimum Gasteiger partial charge on any atom is -0.379 e. The van der Waals surface area contributed by atoms with Crippen molar-refractivity contribution < 1.29 is 13.2 Å². The summed E-state index contributed by atoms with van der Waals surface area (Å²) in [5.41, 5.74) is 0. The van der Waals surface area contributed by atoms with Crippen molar-refractivity contribution >= 4 is 10.0 Å². The number of aromatic nitrogens is 2. The summed E-state index contributed by atoms with van der Waals surface area (Å²) in [6.45, 7) is 4.20. The predicted molar refractivity (Wildman–Crippen MR) is 65.7 cm³/mol. The molecule has 1 saturated heterocycles. The third-order valence-electron chi connectivity index (χ3n) is 2.84. The van der Waals surface area contributed by atoms with E-state index < -0.39 is 10.0 Å². The molecule has 0 aliphatic carbocycles. The van der Waals surface area contributed by atoms with Crippen LogP contribution in [0, 0.1) is 0 Å². The van der Waals surface area contributed by atoms with Crippen LogP contribution in [0.2, 0.25) is 0 Å². The molecule has 0 unspecified atom stereocenters. The molecule has 1 aromatic rings. The smallest absolute Gasteiger partial charge is 0.274 e. The van der Waals surface area contributed by atoms with Gasteiger partial charge in [0.2, 0.25) is 5.16 Å². The van der Waals surface area contributed by atoms with E-state index in [0.29, 0.717) is 26.3 Å². The molecule has 102 valence electrons. The van der Waals surface area contributed by atoms with Gasteiger partial charge in [-0.25, -0.2) is 18.1 Å². The summed E-state index contributed by atoms with van der Waals surface area (Å²) in [4.78, 5) is 6.00. The van der Waals surface area contributed by atoms with Gasteiger partial charge in [-0.05, 0) is 0 Å². The fraction of sp³-hybridized carbons (Fsp3) is 0.700. The maximum absolute atomic E-state index is 11.9. The van der Waals surface area contributed by atoms with E-state index in [9.17, 15) is 8.42 Å². The van der Waals surface area contributed by atoms with E-state index in [2.05, 4.69) is 14.6 Å². The second kappa shape index (κ2) is 5.79. The van der Waals surface area contributed by atoms with Crippen molar-refractivity contribution in [3.8, 4) is 0 Å². The third-order valence-corrected chi connectivity index (χ3v) is 4.30. The molecule has 0 amide bonds. The van der Waals surface area contributed by atoms with Gasteiger partial charge in [0.1, 0.15) is 0 Å². The summed E-state index contributed by atoms with van der Waals surface area (Å²) in [6.07, 6.45) is 3.08. The average molecular weight is 274 g/mol. The van der Waals surface area contributed by atoms with Crippen LogP contribution in [0.5, 0.6) is 0 Å². The van der Waals surface area contributed by atoms with E-state index >= 15 is 0 Å². The number of morpholine rings is 1. The van der Waals surface area contributed by atoms with Gasteiger partial charge in [-0.15, -0.1) is 0 Å². The first kappa shape index (κ1) is 13.5. The van der Waals surface area contributed by atoms with Gasteiger partial charge in [0.05, 0.1) is 13.2 Å². The van der Waals surface area contributed by atoms with Crippen LogP contribution in [0.3, 0.4) is 0 Å². The fourth-order valence-corrected chi connectivity index (χ4v) is 2.97. The molecule has 0 spiro atoms. The summed E-state index contributed by atoms with van der Waals surface area (Å²) in [5.74, 6) is 0. The maximum Gasteiger partial charge on any atom is 0.274 e. The van der Waals surface area contributed by atoms with E-state index in [-0.39, 0.29) is 5.16 Å². The largest absolute Gasteiger partial charge is 0.379 e. The molecule has 0 radical (unpaired) electrons. The van der Waals surface area contributed by atoms with Gasteiger partial charge >= 0.3 is 0 Å². The van der Waals surface area contributed by atoms with E-state index in [0.717, 1.165) is 13.1 Å². The number of imidazole rings is 1. The minimum atomic E-state index is -3.50. The van der Waals surface area contributed by atoms with Crippen LogP contribution in [0.4, 0.5) is 0 Å². The first-order valence-corrected chi connectivity index (χ1v) is 7.35. The minimum absolute atomic E-state index is 0.0458. The van der Waals surface area contributed by atoms with Crippen molar-refractivity contribution in [2.24, 2.45) is 7.05 Å². The van der Waals surface area contributed by atoms with Crippen LogP contribution in [-0.2, 0) is 21.8 Å². The van der Waals surface area contributed by atoms with Gasteiger partial charge in [-0.2, -0.15) is 0 Å². The number of ether oxygens (including phenoxy) is 1. The predicted octanol–water partition coefficient (Wildman–Crippen LogP) is -0.969. The molecule has 18 heavy (non-hydrogen) atoms. The molecule has 0 bridgehead atoms. The van der Waals surface area contributed by atoms with Crippen molar-refractivity contribution in [3.63, 3.8) is 0 Å². The second-order valence-corrected chi connectivity index (χ2v) is 5.83. The SMILES string of the molecule is Cn1ccnc1S(=O)(=O)NCCN1CCOCC1. The molecule has 1 aromatic heterocycles. The molecule has 1 aliphatic rings. The highest BCUT2D eigenvalue weighted by molar-refractivity contribution is 7.89. The Morgan fingerprint density at radius 3 is 2.78 bits per heavy atom. The van der Waals surface area contributed by atoms with Crippen LogP contribution < -0.4 is 4.72 Å². The number of hydrogen-bond donors (Lipinski definition) is 1. The third kappa shape index (κ3) is 3.29. The summed E-state index contributed by atoms with van der Waals surface area (Å²) in [6, 6.07) is 0. The summed E-state index contributed by atoms with van der Waals surface area (Å²) >= 11 is 0. The summed E-state index contributed by atoms with van der Waals surface area (Å²) in [5, 5.41) is 0.0458. The quantitative estimate of drug-likeness (QED) is 0.747. The number of aryl methyl sites for hydroxylation is 1. The number of nitrogens with one attached hydrogen (secondary N) is 1.